The summed E-state index contributed by atoms with van der Waals surface area (Å²) in [7, 11) is 0. The number of aromatic nitrogens is 3. The van der Waals surface area contributed by atoms with Crippen molar-refractivity contribution in [2.24, 2.45) is 5.92 Å². The van der Waals surface area contributed by atoms with Gasteiger partial charge in [-0.1, -0.05) is 0 Å². The number of nitrogens with one attached hydrogen (secondary N) is 1. The molecule has 1 amide bonds. The van der Waals surface area contributed by atoms with Crippen LogP contribution < -0.4 is 5.48 Å². The van der Waals surface area contributed by atoms with Gasteiger partial charge in [0.25, 0.3) is 0 Å². The summed E-state index contributed by atoms with van der Waals surface area (Å²) in [6.45, 7) is 3.56. The van der Waals surface area contributed by atoms with Gasteiger partial charge < -0.3 is 9.30 Å². The summed E-state index contributed by atoms with van der Waals surface area (Å²) in [6, 6.07) is 0. The molecule has 1 aromatic rings. The third kappa shape index (κ3) is 2.83. The van der Waals surface area contributed by atoms with Crippen LogP contribution in [-0.4, -0.2) is 33.6 Å². The van der Waals surface area contributed by atoms with Gasteiger partial charge in [-0.3, -0.25) is 4.79 Å². The van der Waals surface area contributed by atoms with Gasteiger partial charge in [-0.05, 0) is 26.2 Å². The van der Waals surface area contributed by atoms with Gasteiger partial charge in [-0.25, -0.2) is 10.3 Å². The van der Waals surface area contributed by atoms with Crippen molar-refractivity contribution in [2.75, 3.05) is 6.61 Å². The summed E-state index contributed by atoms with van der Waals surface area (Å²) in [5.74, 6) is 0.901. The molecule has 3 atom stereocenters. The average molecular weight is 280 g/mol. The average Bonchev–Trinajstić information content (AvgIpc) is 3.15. The molecule has 7 heteroatoms. The molecule has 1 aliphatic heterocycles. The lowest BCUT2D eigenvalue weighted by atomic mass is 10.2. The van der Waals surface area contributed by atoms with Crippen molar-refractivity contribution in [3.8, 4) is 0 Å². The van der Waals surface area contributed by atoms with Gasteiger partial charge in [0.15, 0.2) is 6.29 Å². The van der Waals surface area contributed by atoms with E-state index < -0.39 is 0 Å². The SMILES string of the molecule is CCn1cnnc1C1CC1C(=O)NOC1CCCCO1. The quantitative estimate of drug-likeness (QED) is 0.813. The second-order valence-electron chi connectivity index (χ2n) is 5.30. The number of nitrogens with zero attached hydrogens (tertiary/aromatic N) is 3. The van der Waals surface area contributed by atoms with E-state index in [0.29, 0.717) is 6.61 Å². The van der Waals surface area contributed by atoms with Crippen molar-refractivity contribution in [1.82, 2.24) is 20.2 Å². The fraction of sp³-hybridized carbons (Fsp3) is 0.769. The van der Waals surface area contributed by atoms with Gasteiger partial charge >= 0.3 is 0 Å². The topological polar surface area (TPSA) is 78.3 Å². The van der Waals surface area contributed by atoms with Crippen molar-refractivity contribution in [3.05, 3.63) is 12.2 Å². The molecule has 2 heterocycles. The van der Waals surface area contributed by atoms with Crippen LogP contribution in [0.1, 0.15) is 44.3 Å². The Labute approximate surface area is 117 Å². The zero-order valence-corrected chi connectivity index (χ0v) is 11.6. The molecule has 1 aromatic heterocycles. The second kappa shape index (κ2) is 5.88. The Morgan fingerprint density at radius 3 is 3.25 bits per heavy atom. The number of carbonyl (C=O) groups is 1. The van der Waals surface area contributed by atoms with E-state index in [1.165, 1.54) is 0 Å². The minimum Gasteiger partial charge on any atom is -0.350 e. The van der Waals surface area contributed by atoms with Crippen LogP contribution >= 0.6 is 0 Å². The molecule has 1 saturated heterocycles. The predicted molar refractivity (Wildman–Crippen MR) is 69.4 cm³/mol. The number of aryl methyl sites for hydroxylation is 1. The lowest BCUT2D eigenvalue weighted by Gasteiger charge is -2.22. The first kappa shape index (κ1) is 13.5. The van der Waals surface area contributed by atoms with Gasteiger partial charge in [-0.2, -0.15) is 0 Å². The Bertz CT molecular complexity index is 470. The third-order valence-corrected chi connectivity index (χ3v) is 3.87. The highest BCUT2D eigenvalue weighted by Gasteiger charge is 2.47. The Balaban J connectivity index is 1.47. The van der Waals surface area contributed by atoms with Crippen LogP contribution in [-0.2, 0) is 20.9 Å². The van der Waals surface area contributed by atoms with E-state index in [9.17, 15) is 4.79 Å². The first-order valence-corrected chi connectivity index (χ1v) is 7.24. The van der Waals surface area contributed by atoms with E-state index in [1.807, 2.05) is 11.5 Å². The molecule has 20 heavy (non-hydrogen) atoms. The molecule has 2 fully saturated rings. The van der Waals surface area contributed by atoms with Crippen molar-refractivity contribution in [1.29, 1.82) is 0 Å². The van der Waals surface area contributed by atoms with E-state index in [-0.39, 0.29) is 24.0 Å². The molecular formula is C13H20N4O3. The van der Waals surface area contributed by atoms with E-state index in [4.69, 9.17) is 9.57 Å². The highest BCUT2D eigenvalue weighted by atomic mass is 16.8. The molecule has 1 aliphatic carbocycles. The highest BCUT2D eigenvalue weighted by molar-refractivity contribution is 5.81. The summed E-state index contributed by atoms with van der Waals surface area (Å²) < 4.78 is 7.38. The number of ether oxygens (including phenoxy) is 1. The molecule has 1 N–H and O–H groups in total. The molecule has 0 bridgehead atoms. The van der Waals surface area contributed by atoms with Gasteiger partial charge in [0.1, 0.15) is 12.2 Å². The predicted octanol–water partition coefficient (Wildman–Crippen LogP) is 0.976. The Hall–Kier alpha value is -1.47. The van der Waals surface area contributed by atoms with Crippen LogP contribution in [0.2, 0.25) is 0 Å². The summed E-state index contributed by atoms with van der Waals surface area (Å²) in [4.78, 5) is 17.3. The summed E-state index contributed by atoms with van der Waals surface area (Å²) >= 11 is 0. The Kier molecular flexibility index (Phi) is 3.98. The molecule has 2 aliphatic rings. The number of amides is 1. The van der Waals surface area contributed by atoms with Crippen LogP contribution in [0.5, 0.6) is 0 Å². The van der Waals surface area contributed by atoms with Crippen LogP contribution in [0, 0.1) is 5.92 Å². The molecule has 1 saturated carbocycles. The van der Waals surface area contributed by atoms with E-state index in [2.05, 4.69) is 15.7 Å². The van der Waals surface area contributed by atoms with Gasteiger partial charge in [-0.15, -0.1) is 10.2 Å². The molecule has 0 aromatic carbocycles. The minimum atomic E-state index is -0.302. The molecule has 0 spiro atoms. The monoisotopic (exact) mass is 280 g/mol. The van der Waals surface area contributed by atoms with Crippen molar-refractivity contribution in [2.45, 2.75) is 51.4 Å². The zero-order chi connectivity index (χ0) is 13.9. The molecule has 3 rings (SSSR count). The number of carbonyl (C=O) groups excluding carboxylic acids is 1. The van der Waals surface area contributed by atoms with Gasteiger partial charge in [0.05, 0.1) is 5.92 Å². The van der Waals surface area contributed by atoms with Crippen molar-refractivity contribution in [3.63, 3.8) is 0 Å². The summed E-state index contributed by atoms with van der Waals surface area (Å²) in [6.07, 6.45) is 5.17. The van der Waals surface area contributed by atoms with Gasteiger partial charge in [0, 0.05) is 25.5 Å². The first-order chi connectivity index (χ1) is 9.79. The van der Waals surface area contributed by atoms with E-state index in [0.717, 1.165) is 38.1 Å². The molecular weight excluding hydrogens is 260 g/mol. The standard InChI is InChI=1S/C13H20N4O3/c1-2-17-8-14-15-12(17)9-7-10(9)13(18)16-20-11-5-3-4-6-19-11/h8-11H,2-7H2,1H3,(H,16,18). The van der Waals surface area contributed by atoms with Crippen LogP contribution in [0.15, 0.2) is 6.33 Å². The van der Waals surface area contributed by atoms with Crippen LogP contribution in [0.4, 0.5) is 0 Å². The van der Waals surface area contributed by atoms with E-state index in [1.54, 1.807) is 6.33 Å². The summed E-state index contributed by atoms with van der Waals surface area (Å²) in [5, 5.41) is 8.00. The van der Waals surface area contributed by atoms with Crippen molar-refractivity contribution >= 4 is 5.91 Å². The molecule has 7 nitrogen and oxygen atoms in total. The third-order valence-electron chi connectivity index (χ3n) is 3.87. The Morgan fingerprint density at radius 1 is 1.60 bits per heavy atom. The normalized spacial score (nSPS) is 29.1. The van der Waals surface area contributed by atoms with Crippen LogP contribution in [0.25, 0.3) is 0 Å². The number of hydrogen-bond acceptors (Lipinski definition) is 5. The summed E-state index contributed by atoms with van der Waals surface area (Å²) in [5.41, 5.74) is 2.52. The lowest BCUT2D eigenvalue weighted by molar-refractivity contribution is -0.201. The molecule has 0 radical (unpaired) electrons. The fourth-order valence-electron chi connectivity index (χ4n) is 2.57. The van der Waals surface area contributed by atoms with Crippen LogP contribution in [0.3, 0.4) is 0 Å². The lowest BCUT2D eigenvalue weighted by Crippen LogP contribution is -2.34. The second-order valence-corrected chi connectivity index (χ2v) is 5.30. The Morgan fingerprint density at radius 2 is 2.50 bits per heavy atom. The fourth-order valence-corrected chi connectivity index (χ4v) is 2.57. The van der Waals surface area contributed by atoms with E-state index >= 15 is 0 Å². The maximum absolute atomic E-state index is 12.0. The maximum Gasteiger partial charge on any atom is 0.247 e. The zero-order valence-electron chi connectivity index (χ0n) is 11.6. The molecule has 3 unspecified atom stereocenters. The first-order valence-electron chi connectivity index (χ1n) is 7.24. The highest BCUT2D eigenvalue weighted by Crippen LogP contribution is 2.46. The smallest absolute Gasteiger partial charge is 0.247 e. The number of hydroxylamine groups is 1. The molecule has 110 valence electrons. The largest absolute Gasteiger partial charge is 0.350 e. The van der Waals surface area contributed by atoms with Gasteiger partial charge in [0.2, 0.25) is 5.91 Å². The number of rotatable bonds is 5. The minimum absolute atomic E-state index is 0.0620. The maximum atomic E-state index is 12.0. The van der Waals surface area contributed by atoms with Crippen molar-refractivity contribution < 1.29 is 14.4 Å². The number of hydrogen-bond donors (Lipinski definition) is 1.